The number of nitrogens with zero attached hydrogens (tertiary/aromatic N) is 1. The summed E-state index contributed by atoms with van der Waals surface area (Å²) in [7, 11) is 0. The molecule has 0 aliphatic rings. The van der Waals surface area contributed by atoms with Crippen LogP contribution in [0.5, 0.6) is 0 Å². The summed E-state index contributed by atoms with van der Waals surface area (Å²) in [6.07, 6.45) is -3.69. The van der Waals surface area contributed by atoms with Gasteiger partial charge in [0.1, 0.15) is 5.76 Å². The van der Waals surface area contributed by atoms with Crippen LogP contribution in [0.15, 0.2) is 64.2 Å². The third-order valence-electron chi connectivity index (χ3n) is 3.69. The maximum Gasteiger partial charge on any atom is 0.417 e. The van der Waals surface area contributed by atoms with Gasteiger partial charge in [-0.15, -0.1) is 0 Å². The Morgan fingerprint density at radius 3 is 2.50 bits per heavy atom. The largest absolute Gasteiger partial charge is 0.455 e. The van der Waals surface area contributed by atoms with Gasteiger partial charge < -0.3 is 4.42 Å². The van der Waals surface area contributed by atoms with Crippen LogP contribution in [-0.2, 0) is 11.9 Å². The molecule has 2 heterocycles. The van der Waals surface area contributed by atoms with E-state index in [1.54, 1.807) is 18.2 Å². The summed E-state index contributed by atoms with van der Waals surface area (Å²) in [5.41, 5.74) is 3.90. The summed E-state index contributed by atoms with van der Waals surface area (Å²) >= 11 is 6.96. The summed E-state index contributed by atoms with van der Waals surface area (Å²) in [5.74, 6) is -0.609. The fourth-order valence-corrected chi connectivity index (χ4v) is 3.16. The Bertz CT molecular complexity index is 1050. The van der Waals surface area contributed by atoms with Crippen molar-refractivity contribution in [1.82, 2.24) is 15.8 Å². The standard InChI is InChI=1S/C19H13ClF3N3O3S/c20-13-3-1-2-11(8-13)17(27)25-26-18(28)15-6-5-14(29-15)10-30-16-7-4-12(9-24-16)19(21,22)23/h1-9H,10H2,(H,25,27)(H,26,28). The number of benzene rings is 1. The zero-order chi connectivity index (χ0) is 21.7. The number of alkyl halides is 3. The van der Waals surface area contributed by atoms with Gasteiger partial charge in [0.05, 0.1) is 16.3 Å². The third-order valence-corrected chi connectivity index (χ3v) is 4.89. The molecule has 0 saturated carbocycles. The molecule has 3 rings (SSSR count). The smallest absolute Gasteiger partial charge is 0.417 e. The lowest BCUT2D eigenvalue weighted by atomic mass is 10.2. The van der Waals surface area contributed by atoms with Crippen LogP contribution in [0.4, 0.5) is 13.2 Å². The fraction of sp³-hybridized carbons (Fsp3) is 0.105. The average molecular weight is 456 g/mol. The van der Waals surface area contributed by atoms with Gasteiger partial charge in [-0.3, -0.25) is 20.4 Å². The first-order valence-electron chi connectivity index (χ1n) is 8.33. The number of hydrazine groups is 1. The first kappa shape index (κ1) is 21.7. The molecule has 1 aromatic carbocycles. The molecule has 0 radical (unpaired) electrons. The Hall–Kier alpha value is -2.98. The molecule has 11 heteroatoms. The predicted octanol–water partition coefficient (Wildman–Crippen LogP) is 4.71. The summed E-state index contributed by atoms with van der Waals surface area (Å²) in [6.45, 7) is 0. The van der Waals surface area contributed by atoms with Crippen molar-refractivity contribution in [3.05, 3.63) is 82.4 Å². The van der Waals surface area contributed by atoms with Crippen molar-refractivity contribution in [3.63, 3.8) is 0 Å². The molecule has 0 atom stereocenters. The van der Waals surface area contributed by atoms with Gasteiger partial charge in [0.2, 0.25) is 0 Å². The van der Waals surface area contributed by atoms with Gasteiger partial charge in [-0.05, 0) is 42.5 Å². The van der Waals surface area contributed by atoms with Crippen LogP contribution in [0.1, 0.15) is 32.2 Å². The number of nitrogens with one attached hydrogen (secondary N) is 2. The molecule has 156 valence electrons. The van der Waals surface area contributed by atoms with Crippen molar-refractivity contribution in [2.45, 2.75) is 17.0 Å². The first-order valence-corrected chi connectivity index (χ1v) is 9.70. The number of furan rings is 1. The van der Waals surface area contributed by atoms with Crippen LogP contribution in [0.2, 0.25) is 5.02 Å². The minimum atomic E-state index is -4.44. The van der Waals surface area contributed by atoms with Gasteiger partial charge in [-0.25, -0.2) is 4.98 Å². The Kier molecular flexibility index (Phi) is 6.68. The molecule has 0 saturated heterocycles. The minimum Gasteiger partial charge on any atom is -0.455 e. The lowest BCUT2D eigenvalue weighted by molar-refractivity contribution is -0.137. The highest BCUT2D eigenvalue weighted by Gasteiger charge is 2.30. The Labute approximate surface area is 177 Å². The summed E-state index contributed by atoms with van der Waals surface area (Å²) < 4.78 is 43.0. The van der Waals surface area contributed by atoms with Crippen molar-refractivity contribution in [2.75, 3.05) is 0 Å². The molecular weight excluding hydrogens is 443 g/mol. The molecule has 6 nitrogen and oxygen atoms in total. The fourth-order valence-electron chi connectivity index (χ4n) is 2.23. The van der Waals surface area contributed by atoms with Gasteiger partial charge >= 0.3 is 12.1 Å². The van der Waals surface area contributed by atoms with Crippen LogP contribution in [-0.4, -0.2) is 16.8 Å². The van der Waals surface area contributed by atoms with Gasteiger partial charge in [-0.1, -0.05) is 29.4 Å². The lowest BCUT2D eigenvalue weighted by Crippen LogP contribution is -2.41. The number of carbonyl (C=O) groups excluding carboxylic acids is 2. The number of carbonyl (C=O) groups is 2. The van der Waals surface area contributed by atoms with Crippen molar-refractivity contribution in [2.24, 2.45) is 0 Å². The molecule has 0 bridgehead atoms. The topological polar surface area (TPSA) is 84.2 Å². The molecular formula is C19H13ClF3N3O3S. The molecule has 0 fully saturated rings. The lowest BCUT2D eigenvalue weighted by Gasteiger charge is -2.06. The van der Waals surface area contributed by atoms with E-state index in [0.29, 0.717) is 15.8 Å². The van der Waals surface area contributed by atoms with Crippen molar-refractivity contribution >= 4 is 35.2 Å². The summed E-state index contributed by atoms with van der Waals surface area (Å²) in [4.78, 5) is 27.8. The normalized spacial score (nSPS) is 11.2. The zero-order valence-corrected chi connectivity index (χ0v) is 16.6. The van der Waals surface area contributed by atoms with E-state index in [4.69, 9.17) is 16.0 Å². The number of amides is 2. The van der Waals surface area contributed by atoms with E-state index >= 15 is 0 Å². The Morgan fingerprint density at radius 2 is 1.83 bits per heavy atom. The average Bonchev–Trinajstić information content (AvgIpc) is 3.19. The third kappa shape index (κ3) is 5.77. The second-order valence-electron chi connectivity index (χ2n) is 5.86. The zero-order valence-electron chi connectivity index (χ0n) is 15.0. The number of hydrogen-bond donors (Lipinski definition) is 2. The molecule has 2 aromatic heterocycles. The van der Waals surface area contributed by atoms with E-state index in [-0.39, 0.29) is 17.1 Å². The first-order chi connectivity index (χ1) is 14.2. The van der Waals surface area contributed by atoms with Crippen LogP contribution >= 0.6 is 23.4 Å². The van der Waals surface area contributed by atoms with Crippen molar-refractivity contribution in [3.8, 4) is 0 Å². The molecule has 0 aliphatic carbocycles. The summed E-state index contributed by atoms with van der Waals surface area (Å²) in [5, 5.41) is 0.754. The molecule has 0 aliphatic heterocycles. The maximum atomic E-state index is 12.5. The monoisotopic (exact) mass is 455 g/mol. The van der Waals surface area contributed by atoms with Gasteiger partial charge in [0.15, 0.2) is 5.76 Å². The number of rotatable bonds is 5. The van der Waals surface area contributed by atoms with Crippen molar-refractivity contribution < 1.29 is 27.2 Å². The van der Waals surface area contributed by atoms with E-state index in [1.165, 1.54) is 24.3 Å². The number of hydrogen-bond acceptors (Lipinski definition) is 5. The quantitative estimate of drug-likeness (QED) is 0.430. The van der Waals surface area contributed by atoms with Gasteiger partial charge in [0.25, 0.3) is 5.91 Å². The molecule has 0 spiro atoms. The van der Waals surface area contributed by atoms with Crippen LogP contribution in [0, 0.1) is 0 Å². The highest BCUT2D eigenvalue weighted by Crippen LogP contribution is 2.30. The second-order valence-corrected chi connectivity index (χ2v) is 7.29. The Morgan fingerprint density at radius 1 is 1.07 bits per heavy atom. The highest BCUT2D eigenvalue weighted by atomic mass is 35.5. The van der Waals surface area contributed by atoms with Crippen LogP contribution in [0.3, 0.4) is 0 Å². The van der Waals surface area contributed by atoms with Gasteiger partial charge in [0, 0.05) is 16.8 Å². The Balaban J connectivity index is 1.51. The maximum absolute atomic E-state index is 12.5. The number of aromatic nitrogens is 1. The second kappa shape index (κ2) is 9.23. The molecule has 3 aromatic rings. The molecule has 2 amide bonds. The molecule has 30 heavy (non-hydrogen) atoms. The van der Waals surface area contributed by atoms with E-state index in [9.17, 15) is 22.8 Å². The van der Waals surface area contributed by atoms with Crippen molar-refractivity contribution in [1.29, 1.82) is 0 Å². The number of halogens is 4. The highest BCUT2D eigenvalue weighted by molar-refractivity contribution is 7.98. The molecule has 0 unspecified atom stereocenters. The number of pyridine rings is 1. The minimum absolute atomic E-state index is 0.0441. The van der Waals surface area contributed by atoms with E-state index < -0.39 is 23.6 Å². The number of thioether (sulfide) groups is 1. The van der Waals surface area contributed by atoms with Crippen LogP contribution < -0.4 is 10.9 Å². The summed E-state index contributed by atoms with van der Waals surface area (Å²) in [6, 6.07) is 11.3. The van der Waals surface area contributed by atoms with E-state index in [2.05, 4.69) is 15.8 Å². The molecule has 2 N–H and O–H groups in total. The van der Waals surface area contributed by atoms with Gasteiger partial charge in [-0.2, -0.15) is 13.2 Å². The SMILES string of the molecule is O=C(NNC(=O)c1ccc(CSc2ccc(C(F)(F)F)cn2)o1)c1cccc(Cl)c1. The van der Waals surface area contributed by atoms with Crippen LogP contribution in [0.25, 0.3) is 0 Å². The van der Waals surface area contributed by atoms with E-state index in [0.717, 1.165) is 24.0 Å². The predicted molar refractivity (Wildman–Crippen MR) is 104 cm³/mol. The van der Waals surface area contributed by atoms with E-state index in [1.807, 2.05) is 0 Å².